The van der Waals surface area contributed by atoms with E-state index in [0.29, 0.717) is 6.54 Å². The molecule has 11 heavy (non-hydrogen) atoms. The maximum Gasteiger partial charge on any atom is 0.391 e. The highest BCUT2D eigenvalue weighted by atomic mass is 19.4. The Hall–Kier alpha value is -0.870. The fourth-order valence-electron chi connectivity index (χ4n) is 0.923. The summed E-state index contributed by atoms with van der Waals surface area (Å²) in [6, 6.07) is -0.528. The molecule has 1 heterocycles. The van der Waals surface area contributed by atoms with E-state index in [0.717, 1.165) is 0 Å². The second kappa shape index (κ2) is 3.02. The molecule has 1 unspecified atom stereocenters. The van der Waals surface area contributed by atoms with E-state index in [9.17, 15) is 13.2 Å². The molecule has 1 rings (SSSR count). The molecule has 5 heteroatoms. The molecule has 1 atom stereocenters. The summed E-state index contributed by atoms with van der Waals surface area (Å²) in [5.41, 5.74) is 0. The highest BCUT2D eigenvalue weighted by Gasteiger charge is 2.31. The van der Waals surface area contributed by atoms with E-state index in [4.69, 9.17) is 0 Å². The van der Waals surface area contributed by atoms with E-state index in [1.54, 1.807) is 6.20 Å². The summed E-state index contributed by atoms with van der Waals surface area (Å²) >= 11 is 0. The molecule has 0 saturated heterocycles. The van der Waals surface area contributed by atoms with Gasteiger partial charge in [-0.2, -0.15) is 13.2 Å². The lowest BCUT2D eigenvalue weighted by Crippen LogP contribution is -2.41. The molecular formula is C6H9F3N2. The molecule has 2 N–H and O–H groups in total. The van der Waals surface area contributed by atoms with Crippen LogP contribution < -0.4 is 10.6 Å². The molecule has 0 aromatic carbocycles. The minimum Gasteiger partial charge on any atom is -0.388 e. The van der Waals surface area contributed by atoms with Crippen molar-refractivity contribution >= 4 is 0 Å². The Morgan fingerprint density at radius 3 is 2.55 bits per heavy atom. The predicted molar refractivity (Wildman–Crippen MR) is 34.7 cm³/mol. The molecule has 0 aromatic rings. The molecule has 0 aromatic heterocycles. The zero-order chi connectivity index (χ0) is 8.32. The van der Waals surface area contributed by atoms with Crippen molar-refractivity contribution in [3.05, 3.63) is 12.4 Å². The van der Waals surface area contributed by atoms with Crippen molar-refractivity contribution in [2.75, 3.05) is 6.54 Å². The summed E-state index contributed by atoms with van der Waals surface area (Å²) in [6.07, 6.45) is -1.79. The zero-order valence-electron chi connectivity index (χ0n) is 5.78. The maximum absolute atomic E-state index is 11.7. The van der Waals surface area contributed by atoms with E-state index in [-0.39, 0.29) is 0 Å². The van der Waals surface area contributed by atoms with Crippen LogP contribution in [0.25, 0.3) is 0 Å². The molecule has 0 spiro atoms. The number of rotatable bonds is 1. The summed E-state index contributed by atoms with van der Waals surface area (Å²) in [4.78, 5) is 0. The Bertz CT molecular complexity index is 152. The first-order chi connectivity index (χ1) is 5.08. The van der Waals surface area contributed by atoms with Crippen LogP contribution in [-0.2, 0) is 0 Å². The minimum atomic E-state index is -4.08. The lowest BCUT2D eigenvalue weighted by atomic mass is 10.2. The summed E-state index contributed by atoms with van der Waals surface area (Å²) in [5, 5.41) is 5.33. The number of nitrogens with one attached hydrogen (secondary N) is 2. The molecule has 2 nitrogen and oxygen atoms in total. The molecule has 0 bridgehead atoms. The van der Waals surface area contributed by atoms with Crippen LogP contribution in [0.1, 0.15) is 6.42 Å². The molecule has 1 aliphatic rings. The van der Waals surface area contributed by atoms with E-state index in [1.165, 1.54) is 6.20 Å². The van der Waals surface area contributed by atoms with Crippen LogP contribution in [0.3, 0.4) is 0 Å². The van der Waals surface area contributed by atoms with Crippen LogP contribution >= 0.6 is 0 Å². The topological polar surface area (TPSA) is 24.1 Å². The van der Waals surface area contributed by atoms with Gasteiger partial charge in [-0.25, -0.2) is 0 Å². The third-order valence-electron chi connectivity index (χ3n) is 1.38. The van der Waals surface area contributed by atoms with Crippen LogP contribution in [0.15, 0.2) is 12.4 Å². The van der Waals surface area contributed by atoms with Gasteiger partial charge in [0.05, 0.1) is 12.5 Å². The normalized spacial score (nSPS) is 24.1. The number of halogens is 3. The van der Waals surface area contributed by atoms with Gasteiger partial charge < -0.3 is 10.6 Å². The average Bonchev–Trinajstić information content (AvgIpc) is 1.85. The van der Waals surface area contributed by atoms with Gasteiger partial charge in [0.2, 0.25) is 0 Å². The standard InChI is InChI=1S/C6H9F3N2/c7-6(8,9)3-5-4-10-1-2-11-5/h1-2,5,10-11H,3-4H2. The summed E-state index contributed by atoms with van der Waals surface area (Å²) in [7, 11) is 0. The molecule has 0 aliphatic carbocycles. The SMILES string of the molecule is FC(F)(F)CC1CNC=CN1. The van der Waals surface area contributed by atoms with Crippen molar-refractivity contribution in [1.82, 2.24) is 10.6 Å². The second-order valence-corrected chi connectivity index (χ2v) is 2.42. The largest absolute Gasteiger partial charge is 0.391 e. The van der Waals surface area contributed by atoms with Crippen molar-refractivity contribution in [3.8, 4) is 0 Å². The van der Waals surface area contributed by atoms with Crippen LogP contribution in [0, 0.1) is 0 Å². The molecule has 1 aliphatic heterocycles. The average molecular weight is 166 g/mol. The third-order valence-corrected chi connectivity index (χ3v) is 1.38. The summed E-state index contributed by atoms with van der Waals surface area (Å²) < 4.78 is 35.2. The maximum atomic E-state index is 11.7. The van der Waals surface area contributed by atoms with Gasteiger partial charge in [-0.1, -0.05) is 0 Å². The van der Waals surface area contributed by atoms with Crippen LogP contribution in [0.2, 0.25) is 0 Å². The van der Waals surface area contributed by atoms with Gasteiger partial charge in [0.1, 0.15) is 0 Å². The first-order valence-electron chi connectivity index (χ1n) is 3.29. The Morgan fingerprint density at radius 1 is 1.36 bits per heavy atom. The van der Waals surface area contributed by atoms with E-state index in [2.05, 4.69) is 10.6 Å². The first-order valence-corrected chi connectivity index (χ1v) is 3.29. The predicted octanol–water partition coefficient (Wildman–Crippen LogP) is 0.971. The van der Waals surface area contributed by atoms with Gasteiger partial charge >= 0.3 is 6.18 Å². The van der Waals surface area contributed by atoms with E-state index < -0.39 is 18.6 Å². The lowest BCUT2D eigenvalue weighted by Gasteiger charge is -2.22. The third kappa shape index (κ3) is 3.15. The van der Waals surface area contributed by atoms with Crippen molar-refractivity contribution in [3.63, 3.8) is 0 Å². The van der Waals surface area contributed by atoms with Crippen molar-refractivity contribution in [2.45, 2.75) is 18.6 Å². The smallest absolute Gasteiger partial charge is 0.388 e. The molecule has 0 radical (unpaired) electrons. The Morgan fingerprint density at radius 2 is 2.09 bits per heavy atom. The molecular weight excluding hydrogens is 157 g/mol. The highest BCUT2D eigenvalue weighted by Crippen LogP contribution is 2.21. The van der Waals surface area contributed by atoms with Crippen molar-refractivity contribution in [1.29, 1.82) is 0 Å². The van der Waals surface area contributed by atoms with Crippen LogP contribution in [0.5, 0.6) is 0 Å². The van der Waals surface area contributed by atoms with Crippen LogP contribution in [0.4, 0.5) is 13.2 Å². The fraction of sp³-hybridized carbons (Fsp3) is 0.667. The van der Waals surface area contributed by atoms with Crippen molar-refractivity contribution < 1.29 is 13.2 Å². The van der Waals surface area contributed by atoms with E-state index in [1.807, 2.05) is 0 Å². The molecule has 64 valence electrons. The molecule has 0 fully saturated rings. The van der Waals surface area contributed by atoms with Gasteiger partial charge in [0.25, 0.3) is 0 Å². The number of alkyl halides is 3. The quantitative estimate of drug-likeness (QED) is 0.606. The minimum absolute atomic E-state index is 0.329. The monoisotopic (exact) mass is 166 g/mol. The Labute approximate surface area is 62.5 Å². The molecule has 0 saturated carbocycles. The second-order valence-electron chi connectivity index (χ2n) is 2.42. The lowest BCUT2D eigenvalue weighted by molar-refractivity contribution is -0.139. The van der Waals surface area contributed by atoms with Gasteiger partial charge in [0.15, 0.2) is 0 Å². The molecule has 0 amide bonds. The zero-order valence-corrected chi connectivity index (χ0v) is 5.78. The summed E-state index contributed by atoms with van der Waals surface area (Å²) in [5.74, 6) is 0. The number of hydrogen-bond acceptors (Lipinski definition) is 2. The highest BCUT2D eigenvalue weighted by molar-refractivity contribution is 4.90. The van der Waals surface area contributed by atoms with Gasteiger partial charge in [-0.15, -0.1) is 0 Å². The van der Waals surface area contributed by atoms with Gasteiger partial charge in [-0.3, -0.25) is 0 Å². The number of hydrogen-bond donors (Lipinski definition) is 2. The Kier molecular flexibility index (Phi) is 2.26. The van der Waals surface area contributed by atoms with Crippen molar-refractivity contribution in [2.24, 2.45) is 0 Å². The van der Waals surface area contributed by atoms with Crippen LogP contribution in [-0.4, -0.2) is 18.8 Å². The van der Waals surface area contributed by atoms with E-state index >= 15 is 0 Å². The first kappa shape index (κ1) is 8.23. The fourth-order valence-corrected chi connectivity index (χ4v) is 0.923. The Balaban J connectivity index is 2.32. The summed E-state index contributed by atoms with van der Waals surface area (Å²) in [6.45, 7) is 0.329. The van der Waals surface area contributed by atoms with Gasteiger partial charge in [-0.05, 0) is 0 Å². The van der Waals surface area contributed by atoms with Gasteiger partial charge in [0, 0.05) is 18.9 Å².